The molecule has 1 aromatic carbocycles. The molecule has 0 aliphatic heterocycles. The van der Waals surface area contributed by atoms with Gasteiger partial charge in [0.05, 0.1) is 13.2 Å². The van der Waals surface area contributed by atoms with Gasteiger partial charge in [-0.3, -0.25) is 0 Å². The largest absolute Gasteiger partial charge is 0.497 e. The van der Waals surface area contributed by atoms with E-state index in [1.807, 2.05) is 12.1 Å². The van der Waals surface area contributed by atoms with Gasteiger partial charge in [-0.2, -0.15) is 0 Å². The Morgan fingerprint density at radius 1 is 1.24 bits per heavy atom. The second-order valence-corrected chi connectivity index (χ2v) is 6.20. The first-order valence-electron chi connectivity index (χ1n) is 8.26. The van der Waals surface area contributed by atoms with Crippen LogP contribution in [0.3, 0.4) is 0 Å². The lowest BCUT2D eigenvalue weighted by molar-refractivity contribution is 0.0642. The van der Waals surface area contributed by atoms with E-state index < -0.39 is 0 Å². The zero-order valence-electron chi connectivity index (χ0n) is 13.3. The van der Waals surface area contributed by atoms with Crippen LogP contribution in [0.15, 0.2) is 24.3 Å². The van der Waals surface area contributed by atoms with Crippen molar-refractivity contribution in [2.75, 3.05) is 13.7 Å². The van der Waals surface area contributed by atoms with Gasteiger partial charge in [0.2, 0.25) is 0 Å². The molecular formula is C18H29NO2. The third kappa shape index (κ3) is 5.01. The highest BCUT2D eigenvalue weighted by molar-refractivity contribution is 5.28. The first-order valence-corrected chi connectivity index (χ1v) is 8.26. The first kappa shape index (κ1) is 16.3. The van der Waals surface area contributed by atoms with E-state index in [1.165, 1.54) is 24.8 Å². The number of aliphatic hydroxyl groups excluding tert-OH is 1. The molecule has 0 radical (unpaired) electrons. The second-order valence-electron chi connectivity index (χ2n) is 6.20. The molecule has 0 spiro atoms. The van der Waals surface area contributed by atoms with Crippen LogP contribution in [0.2, 0.25) is 0 Å². The maximum absolute atomic E-state index is 9.97. The Labute approximate surface area is 128 Å². The van der Waals surface area contributed by atoms with Crippen LogP contribution >= 0.6 is 0 Å². The molecule has 3 atom stereocenters. The molecule has 3 unspecified atom stereocenters. The standard InChI is InChI=1S/C18H29NO2/c1-14(15-9-11-17(21-2)12-10-15)19-13-5-7-16-6-3-4-8-18(16)20/h9-12,14,16,18-20H,3-8,13H2,1-2H3. The lowest BCUT2D eigenvalue weighted by Gasteiger charge is -2.27. The van der Waals surface area contributed by atoms with Crippen LogP contribution in [-0.4, -0.2) is 24.9 Å². The predicted octanol–water partition coefficient (Wildman–Crippen LogP) is 3.68. The molecule has 1 aliphatic rings. The Bertz CT molecular complexity index is 404. The topological polar surface area (TPSA) is 41.5 Å². The third-order valence-corrected chi connectivity index (χ3v) is 4.69. The number of hydrogen-bond acceptors (Lipinski definition) is 3. The smallest absolute Gasteiger partial charge is 0.118 e. The lowest BCUT2D eigenvalue weighted by atomic mass is 9.83. The fourth-order valence-electron chi connectivity index (χ4n) is 3.22. The molecule has 1 fully saturated rings. The third-order valence-electron chi connectivity index (χ3n) is 4.69. The number of nitrogens with one attached hydrogen (secondary N) is 1. The number of benzene rings is 1. The van der Waals surface area contributed by atoms with E-state index in [0.29, 0.717) is 12.0 Å². The average Bonchev–Trinajstić information content (AvgIpc) is 2.53. The molecule has 118 valence electrons. The van der Waals surface area contributed by atoms with Crippen molar-refractivity contribution in [1.29, 1.82) is 0 Å². The molecule has 21 heavy (non-hydrogen) atoms. The molecular weight excluding hydrogens is 262 g/mol. The van der Waals surface area contributed by atoms with Gasteiger partial charge in [-0.1, -0.05) is 25.0 Å². The van der Waals surface area contributed by atoms with E-state index in [-0.39, 0.29) is 6.10 Å². The van der Waals surface area contributed by atoms with E-state index in [0.717, 1.165) is 31.6 Å². The quantitative estimate of drug-likeness (QED) is 0.753. The van der Waals surface area contributed by atoms with Crippen molar-refractivity contribution in [1.82, 2.24) is 5.32 Å². The fourth-order valence-corrected chi connectivity index (χ4v) is 3.22. The number of rotatable bonds is 7. The van der Waals surface area contributed by atoms with Crippen LogP contribution in [-0.2, 0) is 0 Å². The van der Waals surface area contributed by atoms with E-state index in [9.17, 15) is 5.11 Å². The normalized spacial score (nSPS) is 23.8. The average molecular weight is 291 g/mol. The van der Waals surface area contributed by atoms with E-state index in [4.69, 9.17) is 4.74 Å². The molecule has 1 aliphatic carbocycles. The van der Waals surface area contributed by atoms with Crippen molar-refractivity contribution in [2.24, 2.45) is 5.92 Å². The van der Waals surface area contributed by atoms with Crippen molar-refractivity contribution in [3.8, 4) is 5.75 Å². The summed E-state index contributed by atoms with van der Waals surface area (Å²) in [6.07, 6.45) is 6.92. The molecule has 0 heterocycles. The van der Waals surface area contributed by atoms with Gasteiger partial charge in [0.1, 0.15) is 5.75 Å². The number of hydrogen-bond donors (Lipinski definition) is 2. The molecule has 0 amide bonds. The summed E-state index contributed by atoms with van der Waals surface area (Å²) in [5.74, 6) is 1.43. The minimum Gasteiger partial charge on any atom is -0.497 e. The van der Waals surface area contributed by atoms with Gasteiger partial charge < -0.3 is 15.2 Å². The molecule has 1 saturated carbocycles. The second kappa shape index (κ2) is 8.40. The fraction of sp³-hybridized carbons (Fsp3) is 0.667. The molecule has 2 N–H and O–H groups in total. The molecule has 0 bridgehead atoms. The molecule has 2 rings (SSSR count). The summed E-state index contributed by atoms with van der Waals surface area (Å²) in [6.45, 7) is 3.20. The zero-order chi connectivity index (χ0) is 15.1. The van der Waals surface area contributed by atoms with Gasteiger partial charge >= 0.3 is 0 Å². The van der Waals surface area contributed by atoms with Crippen LogP contribution < -0.4 is 10.1 Å². The van der Waals surface area contributed by atoms with Crippen LogP contribution in [0, 0.1) is 5.92 Å². The first-order chi connectivity index (χ1) is 10.2. The zero-order valence-corrected chi connectivity index (χ0v) is 13.3. The van der Waals surface area contributed by atoms with E-state index in [2.05, 4.69) is 24.4 Å². The minimum absolute atomic E-state index is 0.0576. The van der Waals surface area contributed by atoms with Gasteiger partial charge in [0.25, 0.3) is 0 Å². The maximum Gasteiger partial charge on any atom is 0.118 e. The monoisotopic (exact) mass is 291 g/mol. The molecule has 1 aromatic rings. The Hall–Kier alpha value is -1.06. The Kier molecular flexibility index (Phi) is 6.52. The highest BCUT2D eigenvalue weighted by Gasteiger charge is 2.22. The van der Waals surface area contributed by atoms with Crippen molar-refractivity contribution >= 4 is 0 Å². The van der Waals surface area contributed by atoms with Gasteiger partial charge in [-0.15, -0.1) is 0 Å². The van der Waals surface area contributed by atoms with Crippen LogP contribution in [0.5, 0.6) is 5.75 Å². The van der Waals surface area contributed by atoms with Gasteiger partial charge in [-0.25, -0.2) is 0 Å². The Balaban J connectivity index is 1.67. The molecule has 0 saturated heterocycles. The maximum atomic E-state index is 9.97. The van der Waals surface area contributed by atoms with Crippen LogP contribution in [0.4, 0.5) is 0 Å². The van der Waals surface area contributed by atoms with Crippen molar-refractivity contribution < 1.29 is 9.84 Å². The summed E-state index contributed by atoms with van der Waals surface area (Å²) in [7, 11) is 1.69. The van der Waals surface area contributed by atoms with Crippen molar-refractivity contribution in [2.45, 2.75) is 57.6 Å². The highest BCUT2D eigenvalue weighted by atomic mass is 16.5. The van der Waals surface area contributed by atoms with Gasteiger partial charge in [-0.05, 0) is 62.8 Å². The molecule has 3 heteroatoms. The van der Waals surface area contributed by atoms with E-state index in [1.54, 1.807) is 7.11 Å². The molecule has 3 nitrogen and oxygen atoms in total. The summed E-state index contributed by atoms with van der Waals surface area (Å²) in [6, 6.07) is 8.59. The summed E-state index contributed by atoms with van der Waals surface area (Å²) in [4.78, 5) is 0. The highest BCUT2D eigenvalue weighted by Crippen LogP contribution is 2.27. The number of ether oxygens (including phenoxy) is 1. The lowest BCUT2D eigenvalue weighted by Crippen LogP contribution is -2.26. The van der Waals surface area contributed by atoms with E-state index >= 15 is 0 Å². The summed E-state index contributed by atoms with van der Waals surface area (Å²) in [5, 5.41) is 13.5. The predicted molar refractivity (Wildman–Crippen MR) is 86.6 cm³/mol. The van der Waals surface area contributed by atoms with Gasteiger partial charge in [0.15, 0.2) is 0 Å². The summed E-state index contributed by atoms with van der Waals surface area (Å²) >= 11 is 0. The number of aliphatic hydroxyl groups is 1. The minimum atomic E-state index is -0.0576. The SMILES string of the molecule is COc1ccc(C(C)NCCCC2CCCCC2O)cc1. The Morgan fingerprint density at radius 3 is 2.62 bits per heavy atom. The van der Waals surface area contributed by atoms with Gasteiger partial charge in [0, 0.05) is 6.04 Å². The van der Waals surface area contributed by atoms with Crippen molar-refractivity contribution in [3.05, 3.63) is 29.8 Å². The van der Waals surface area contributed by atoms with Crippen molar-refractivity contribution in [3.63, 3.8) is 0 Å². The van der Waals surface area contributed by atoms with Crippen LogP contribution in [0.1, 0.15) is 57.1 Å². The molecule has 0 aromatic heterocycles. The summed E-state index contributed by atoms with van der Waals surface area (Å²) in [5.41, 5.74) is 1.29. The van der Waals surface area contributed by atoms with Crippen LogP contribution in [0.25, 0.3) is 0 Å². The summed E-state index contributed by atoms with van der Waals surface area (Å²) < 4.78 is 5.18. The number of methoxy groups -OCH3 is 1. The Morgan fingerprint density at radius 2 is 1.95 bits per heavy atom.